The molecule has 0 heterocycles. The van der Waals surface area contributed by atoms with E-state index in [1.807, 2.05) is 50.9 Å². The second kappa shape index (κ2) is 8.11. The lowest BCUT2D eigenvalue weighted by molar-refractivity contribution is 0.242. The Kier molecular flexibility index (Phi) is 6.15. The Morgan fingerprint density at radius 3 is 2.24 bits per heavy atom. The summed E-state index contributed by atoms with van der Waals surface area (Å²) in [6.45, 7) is 4.08. The molecule has 0 spiro atoms. The summed E-state index contributed by atoms with van der Waals surface area (Å²) < 4.78 is 5.69. The van der Waals surface area contributed by atoms with Gasteiger partial charge in [0.15, 0.2) is 0 Å². The van der Waals surface area contributed by atoms with Crippen molar-refractivity contribution in [1.29, 1.82) is 0 Å². The van der Waals surface area contributed by atoms with Crippen LogP contribution < -0.4 is 10.1 Å². The summed E-state index contributed by atoms with van der Waals surface area (Å²) in [7, 11) is 2.01. The second-order valence-corrected chi connectivity index (χ2v) is 6.29. The highest BCUT2D eigenvalue weighted by Gasteiger charge is 2.10. The molecule has 2 nitrogen and oxygen atoms in total. The molecular weight excluding hydrogens is 278 g/mol. The van der Waals surface area contributed by atoms with E-state index in [0.717, 1.165) is 11.5 Å². The number of rotatable bonds is 7. The Morgan fingerprint density at radius 1 is 1.00 bits per heavy atom. The minimum atomic E-state index is 0.213. The summed E-state index contributed by atoms with van der Waals surface area (Å²) in [5.41, 5.74) is 1.29. The molecule has 1 atom stereocenters. The Labute approximate surface area is 131 Å². The van der Waals surface area contributed by atoms with Gasteiger partial charge in [0.1, 0.15) is 5.75 Å². The van der Waals surface area contributed by atoms with Crippen molar-refractivity contribution in [2.75, 3.05) is 12.8 Å². The Bertz CT molecular complexity index is 525. The van der Waals surface area contributed by atoms with Gasteiger partial charge in [-0.05, 0) is 50.7 Å². The third-order valence-electron chi connectivity index (χ3n) is 3.16. The smallest absolute Gasteiger partial charge is 0.119 e. The van der Waals surface area contributed by atoms with Crippen molar-refractivity contribution in [2.45, 2.75) is 30.9 Å². The average molecular weight is 301 g/mol. The molecule has 0 saturated carbocycles. The van der Waals surface area contributed by atoms with Crippen molar-refractivity contribution in [3.8, 4) is 5.75 Å². The zero-order valence-corrected chi connectivity index (χ0v) is 13.7. The quantitative estimate of drug-likeness (QED) is 0.759. The molecule has 1 N–H and O–H groups in total. The second-order valence-electron chi connectivity index (χ2n) is 5.20. The summed E-state index contributed by atoms with van der Waals surface area (Å²) >= 11 is 1.87. The molecule has 3 heteroatoms. The average Bonchev–Trinajstić information content (AvgIpc) is 2.50. The normalized spacial score (nSPS) is 12.4. The van der Waals surface area contributed by atoms with Gasteiger partial charge in [0, 0.05) is 16.7 Å². The summed E-state index contributed by atoms with van der Waals surface area (Å²) in [4.78, 5) is 1.30. The van der Waals surface area contributed by atoms with E-state index in [2.05, 4.69) is 41.7 Å². The maximum Gasteiger partial charge on any atom is 0.119 e. The van der Waals surface area contributed by atoms with E-state index in [0.29, 0.717) is 6.04 Å². The van der Waals surface area contributed by atoms with Crippen LogP contribution in [0.1, 0.15) is 25.5 Å². The fourth-order valence-corrected chi connectivity index (χ4v) is 3.16. The van der Waals surface area contributed by atoms with Gasteiger partial charge in [0.2, 0.25) is 0 Å². The van der Waals surface area contributed by atoms with E-state index < -0.39 is 0 Å². The minimum absolute atomic E-state index is 0.213. The predicted octanol–water partition coefficient (Wildman–Crippen LogP) is 4.53. The summed E-state index contributed by atoms with van der Waals surface area (Å²) in [6.07, 6.45) is 0.213. The number of ether oxygens (including phenoxy) is 1. The molecule has 0 saturated heterocycles. The molecule has 0 bridgehead atoms. The number of hydrogen-bond acceptors (Lipinski definition) is 3. The van der Waals surface area contributed by atoms with Crippen molar-refractivity contribution in [3.63, 3.8) is 0 Å². The fraction of sp³-hybridized carbons (Fsp3) is 0.333. The molecule has 0 fully saturated rings. The van der Waals surface area contributed by atoms with Gasteiger partial charge in [-0.15, -0.1) is 11.8 Å². The van der Waals surface area contributed by atoms with Gasteiger partial charge < -0.3 is 10.1 Å². The lowest BCUT2D eigenvalue weighted by atomic mass is 10.1. The van der Waals surface area contributed by atoms with Gasteiger partial charge in [0.25, 0.3) is 0 Å². The fourth-order valence-electron chi connectivity index (χ4n) is 2.09. The first-order valence-corrected chi connectivity index (χ1v) is 8.29. The molecule has 2 aromatic rings. The molecule has 0 aromatic heterocycles. The highest BCUT2D eigenvalue weighted by Crippen LogP contribution is 2.25. The highest BCUT2D eigenvalue weighted by atomic mass is 32.2. The van der Waals surface area contributed by atoms with Crippen molar-refractivity contribution in [1.82, 2.24) is 5.32 Å². The SMILES string of the molecule is CNC(CSc1ccccc1)c1ccc(OC(C)C)cc1. The van der Waals surface area contributed by atoms with E-state index in [1.165, 1.54) is 10.5 Å². The van der Waals surface area contributed by atoms with Crippen LogP contribution in [-0.2, 0) is 0 Å². The van der Waals surface area contributed by atoms with Crippen LogP contribution in [0.5, 0.6) is 5.75 Å². The molecule has 112 valence electrons. The largest absolute Gasteiger partial charge is 0.491 e. The topological polar surface area (TPSA) is 21.3 Å². The maximum atomic E-state index is 5.69. The standard InChI is InChI=1S/C18H23NOS/c1-14(2)20-16-11-9-15(10-12-16)18(19-3)13-21-17-7-5-4-6-8-17/h4-12,14,18-19H,13H2,1-3H3. The summed E-state index contributed by atoms with van der Waals surface area (Å²) in [5.74, 6) is 1.93. The number of hydrogen-bond donors (Lipinski definition) is 1. The molecule has 2 aromatic carbocycles. The predicted molar refractivity (Wildman–Crippen MR) is 91.2 cm³/mol. The summed E-state index contributed by atoms with van der Waals surface area (Å²) in [5, 5.41) is 3.39. The van der Waals surface area contributed by atoms with E-state index in [4.69, 9.17) is 4.74 Å². The molecule has 0 aliphatic carbocycles. The molecule has 2 rings (SSSR count). The zero-order valence-electron chi connectivity index (χ0n) is 12.9. The van der Waals surface area contributed by atoms with Crippen LogP contribution in [0.25, 0.3) is 0 Å². The lowest BCUT2D eigenvalue weighted by Crippen LogP contribution is -2.18. The monoisotopic (exact) mass is 301 g/mol. The molecule has 0 amide bonds. The van der Waals surface area contributed by atoms with Gasteiger partial charge >= 0.3 is 0 Å². The maximum absolute atomic E-state index is 5.69. The van der Waals surface area contributed by atoms with Gasteiger partial charge in [-0.3, -0.25) is 0 Å². The van der Waals surface area contributed by atoms with Gasteiger partial charge in [-0.25, -0.2) is 0 Å². The first kappa shape index (κ1) is 15.9. The summed E-state index contributed by atoms with van der Waals surface area (Å²) in [6, 6.07) is 19.2. The first-order chi connectivity index (χ1) is 10.2. The van der Waals surface area contributed by atoms with Gasteiger partial charge in [-0.2, -0.15) is 0 Å². The molecule has 0 radical (unpaired) electrons. The van der Waals surface area contributed by atoms with E-state index in [9.17, 15) is 0 Å². The lowest BCUT2D eigenvalue weighted by Gasteiger charge is -2.17. The van der Waals surface area contributed by atoms with Crippen LogP contribution in [0.3, 0.4) is 0 Å². The van der Waals surface area contributed by atoms with Crippen LogP contribution in [0.4, 0.5) is 0 Å². The van der Waals surface area contributed by atoms with Crippen LogP contribution in [0.15, 0.2) is 59.5 Å². The number of nitrogens with one attached hydrogen (secondary N) is 1. The molecule has 21 heavy (non-hydrogen) atoms. The molecular formula is C18H23NOS. The molecule has 0 aliphatic heterocycles. The molecule has 1 unspecified atom stereocenters. The highest BCUT2D eigenvalue weighted by molar-refractivity contribution is 7.99. The van der Waals surface area contributed by atoms with Crippen LogP contribution in [-0.4, -0.2) is 18.9 Å². The van der Waals surface area contributed by atoms with Crippen molar-refractivity contribution >= 4 is 11.8 Å². The van der Waals surface area contributed by atoms with Gasteiger partial charge in [-0.1, -0.05) is 30.3 Å². The third-order valence-corrected chi connectivity index (χ3v) is 4.27. The number of benzene rings is 2. The number of thioether (sulfide) groups is 1. The Hall–Kier alpha value is -1.45. The van der Waals surface area contributed by atoms with E-state index in [1.54, 1.807) is 0 Å². The van der Waals surface area contributed by atoms with Crippen LogP contribution >= 0.6 is 11.8 Å². The van der Waals surface area contributed by atoms with Gasteiger partial charge in [0.05, 0.1) is 6.10 Å². The van der Waals surface area contributed by atoms with Crippen molar-refractivity contribution in [3.05, 3.63) is 60.2 Å². The zero-order chi connectivity index (χ0) is 15.1. The van der Waals surface area contributed by atoms with E-state index in [-0.39, 0.29) is 6.10 Å². The van der Waals surface area contributed by atoms with Crippen LogP contribution in [0.2, 0.25) is 0 Å². The minimum Gasteiger partial charge on any atom is -0.491 e. The molecule has 0 aliphatic rings. The van der Waals surface area contributed by atoms with E-state index >= 15 is 0 Å². The Morgan fingerprint density at radius 2 is 1.67 bits per heavy atom. The van der Waals surface area contributed by atoms with Crippen molar-refractivity contribution in [2.24, 2.45) is 0 Å². The van der Waals surface area contributed by atoms with Crippen molar-refractivity contribution < 1.29 is 4.74 Å². The Balaban J connectivity index is 1.97. The van der Waals surface area contributed by atoms with Crippen LogP contribution in [0, 0.1) is 0 Å². The first-order valence-electron chi connectivity index (χ1n) is 7.30. The third kappa shape index (κ3) is 5.10.